The Kier molecular flexibility index (Phi) is 6.13. The highest BCUT2D eigenvalue weighted by molar-refractivity contribution is 5.31. The Hall–Kier alpha value is -1.09. The summed E-state index contributed by atoms with van der Waals surface area (Å²) >= 11 is 0. The van der Waals surface area contributed by atoms with E-state index in [9.17, 15) is 4.39 Å². The standard InChI is InChI=1S/C15H24FNO/c1-11(2)6-5-7-14(17-3)12-8-9-15(18-4)13(16)10-12/h8-11,14,17H,5-7H2,1-4H3. The van der Waals surface area contributed by atoms with Gasteiger partial charge in [-0.3, -0.25) is 0 Å². The van der Waals surface area contributed by atoms with Gasteiger partial charge in [-0.1, -0.05) is 32.8 Å². The molecule has 1 N–H and O–H groups in total. The van der Waals surface area contributed by atoms with Crippen molar-refractivity contribution in [2.24, 2.45) is 5.92 Å². The fourth-order valence-electron chi connectivity index (χ4n) is 2.11. The number of hydrogen-bond donors (Lipinski definition) is 1. The van der Waals surface area contributed by atoms with Crippen LogP contribution in [0.3, 0.4) is 0 Å². The van der Waals surface area contributed by atoms with Crippen molar-refractivity contribution in [1.82, 2.24) is 5.32 Å². The lowest BCUT2D eigenvalue weighted by atomic mass is 9.98. The molecule has 0 amide bonds. The Labute approximate surface area is 110 Å². The predicted octanol–water partition coefficient (Wildman–Crippen LogP) is 3.92. The molecule has 102 valence electrons. The normalized spacial score (nSPS) is 12.8. The molecular formula is C15H24FNO. The summed E-state index contributed by atoms with van der Waals surface area (Å²) in [6.07, 6.45) is 3.38. The fraction of sp³-hybridized carbons (Fsp3) is 0.600. The van der Waals surface area contributed by atoms with E-state index in [4.69, 9.17) is 4.74 Å². The van der Waals surface area contributed by atoms with Crippen LogP contribution in [0, 0.1) is 11.7 Å². The molecule has 3 heteroatoms. The van der Waals surface area contributed by atoms with Gasteiger partial charge in [0.15, 0.2) is 11.6 Å². The number of nitrogens with one attached hydrogen (secondary N) is 1. The van der Waals surface area contributed by atoms with Gasteiger partial charge in [-0.15, -0.1) is 0 Å². The third kappa shape index (κ3) is 4.30. The van der Waals surface area contributed by atoms with Crippen molar-refractivity contribution in [3.8, 4) is 5.75 Å². The molecule has 0 aliphatic carbocycles. The largest absolute Gasteiger partial charge is 0.494 e. The Morgan fingerprint density at radius 3 is 2.50 bits per heavy atom. The van der Waals surface area contributed by atoms with Gasteiger partial charge < -0.3 is 10.1 Å². The first kappa shape index (κ1) is 15.0. The highest BCUT2D eigenvalue weighted by atomic mass is 19.1. The number of ether oxygens (including phenoxy) is 1. The average Bonchev–Trinajstić information content (AvgIpc) is 2.34. The monoisotopic (exact) mass is 253 g/mol. The van der Waals surface area contributed by atoms with E-state index in [0.29, 0.717) is 5.75 Å². The van der Waals surface area contributed by atoms with E-state index < -0.39 is 0 Å². The summed E-state index contributed by atoms with van der Waals surface area (Å²) in [4.78, 5) is 0. The highest BCUT2D eigenvalue weighted by Crippen LogP contribution is 2.25. The molecule has 0 spiro atoms. The molecule has 1 aromatic carbocycles. The van der Waals surface area contributed by atoms with E-state index >= 15 is 0 Å². The van der Waals surface area contributed by atoms with E-state index in [1.165, 1.54) is 13.5 Å². The van der Waals surface area contributed by atoms with Crippen LogP contribution in [0.15, 0.2) is 18.2 Å². The third-order valence-corrected chi connectivity index (χ3v) is 3.20. The number of benzene rings is 1. The van der Waals surface area contributed by atoms with Gasteiger partial charge in [0, 0.05) is 6.04 Å². The summed E-state index contributed by atoms with van der Waals surface area (Å²) in [6.45, 7) is 4.45. The molecule has 1 unspecified atom stereocenters. The maximum absolute atomic E-state index is 13.6. The van der Waals surface area contributed by atoms with Gasteiger partial charge in [0.05, 0.1) is 7.11 Å². The molecule has 18 heavy (non-hydrogen) atoms. The zero-order valence-corrected chi connectivity index (χ0v) is 11.8. The Morgan fingerprint density at radius 2 is 2.00 bits per heavy atom. The van der Waals surface area contributed by atoms with E-state index in [2.05, 4.69) is 19.2 Å². The van der Waals surface area contributed by atoms with Crippen LogP contribution >= 0.6 is 0 Å². The molecule has 0 bridgehead atoms. The van der Waals surface area contributed by atoms with Crippen LogP contribution in [0.2, 0.25) is 0 Å². The predicted molar refractivity (Wildman–Crippen MR) is 73.4 cm³/mol. The van der Waals surface area contributed by atoms with Gasteiger partial charge in [0.25, 0.3) is 0 Å². The van der Waals surface area contributed by atoms with E-state index in [1.54, 1.807) is 12.1 Å². The lowest BCUT2D eigenvalue weighted by molar-refractivity contribution is 0.385. The van der Waals surface area contributed by atoms with E-state index in [0.717, 1.165) is 24.3 Å². The van der Waals surface area contributed by atoms with Crippen LogP contribution in [0.25, 0.3) is 0 Å². The van der Waals surface area contributed by atoms with Gasteiger partial charge in [0.2, 0.25) is 0 Å². The molecule has 0 fully saturated rings. The molecule has 0 heterocycles. The van der Waals surface area contributed by atoms with Crippen molar-refractivity contribution >= 4 is 0 Å². The van der Waals surface area contributed by atoms with Gasteiger partial charge >= 0.3 is 0 Å². The lowest BCUT2D eigenvalue weighted by Crippen LogP contribution is -2.16. The molecule has 0 saturated carbocycles. The summed E-state index contributed by atoms with van der Waals surface area (Å²) in [5, 5.41) is 3.25. The first-order valence-electron chi connectivity index (χ1n) is 6.59. The summed E-state index contributed by atoms with van der Waals surface area (Å²) in [6, 6.07) is 5.40. The summed E-state index contributed by atoms with van der Waals surface area (Å²) < 4.78 is 18.6. The molecular weight excluding hydrogens is 229 g/mol. The first-order valence-corrected chi connectivity index (χ1v) is 6.59. The number of halogens is 1. The first-order chi connectivity index (χ1) is 8.58. The van der Waals surface area contributed by atoms with Crippen molar-refractivity contribution < 1.29 is 9.13 Å². The summed E-state index contributed by atoms with van der Waals surface area (Å²) in [7, 11) is 3.40. The van der Waals surface area contributed by atoms with Crippen LogP contribution < -0.4 is 10.1 Å². The molecule has 0 aromatic heterocycles. The Balaban J connectivity index is 2.67. The van der Waals surface area contributed by atoms with Crippen LogP contribution in [0.5, 0.6) is 5.75 Å². The lowest BCUT2D eigenvalue weighted by Gasteiger charge is -2.18. The second-order valence-electron chi connectivity index (χ2n) is 5.06. The third-order valence-electron chi connectivity index (χ3n) is 3.20. The second-order valence-corrected chi connectivity index (χ2v) is 5.06. The molecule has 1 atom stereocenters. The zero-order chi connectivity index (χ0) is 13.5. The minimum atomic E-state index is -0.292. The molecule has 1 rings (SSSR count). The van der Waals surface area contributed by atoms with Crippen molar-refractivity contribution in [2.45, 2.75) is 39.2 Å². The van der Waals surface area contributed by atoms with Crippen molar-refractivity contribution in [1.29, 1.82) is 0 Å². The molecule has 0 radical (unpaired) electrons. The van der Waals surface area contributed by atoms with Crippen LogP contribution in [-0.4, -0.2) is 14.2 Å². The highest BCUT2D eigenvalue weighted by Gasteiger charge is 2.12. The number of rotatable bonds is 7. The van der Waals surface area contributed by atoms with Gasteiger partial charge in [-0.25, -0.2) is 4.39 Å². The maximum Gasteiger partial charge on any atom is 0.165 e. The van der Waals surface area contributed by atoms with Crippen LogP contribution in [-0.2, 0) is 0 Å². The molecule has 1 aromatic rings. The number of hydrogen-bond acceptors (Lipinski definition) is 2. The minimum absolute atomic E-state index is 0.212. The molecule has 2 nitrogen and oxygen atoms in total. The molecule has 0 aliphatic heterocycles. The summed E-state index contributed by atoms with van der Waals surface area (Å²) in [5.74, 6) is 0.727. The SMILES string of the molecule is CNC(CCCC(C)C)c1ccc(OC)c(F)c1. The van der Waals surface area contributed by atoms with Crippen LogP contribution in [0.1, 0.15) is 44.7 Å². The van der Waals surface area contributed by atoms with Gasteiger partial charge in [0.1, 0.15) is 0 Å². The topological polar surface area (TPSA) is 21.3 Å². The van der Waals surface area contributed by atoms with E-state index in [1.807, 2.05) is 13.1 Å². The Morgan fingerprint density at radius 1 is 1.28 bits per heavy atom. The quantitative estimate of drug-likeness (QED) is 0.795. The fourth-order valence-corrected chi connectivity index (χ4v) is 2.11. The van der Waals surface area contributed by atoms with Gasteiger partial charge in [-0.05, 0) is 37.1 Å². The second kappa shape index (κ2) is 7.37. The minimum Gasteiger partial charge on any atom is -0.494 e. The zero-order valence-electron chi connectivity index (χ0n) is 11.8. The van der Waals surface area contributed by atoms with Crippen molar-refractivity contribution in [2.75, 3.05) is 14.2 Å². The van der Waals surface area contributed by atoms with Crippen molar-refractivity contribution in [3.05, 3.63) is 29.6 Å². The molecule has 0 saturated heterocycles. The number of methoxy groups -OCH3 is 1. The maximum atomic E-state index is 13.6. The van der Waals surface area contributed by atoms with E-state index in [-0.39, 0.29) is 11.9 Å². The Bertz CT molecular complexity index is 366. The van der Waals surface area contributed by atoms with Gasteiger partial charge in [-0.2, -0.15) is 0 Å². The van der Waals surface area contributed by atoms with Crippen LogP contribution in [0.4, 0.5) is 4.39 Å². The smallest absolute Gasteiger partial charge is 0.165 e. The molecule has 0 aliphatic rings. The van der Waals surface area contributed by atoms with Crippen molar-refractivity contribution in [3.63, 3.8) is 0 Å². The average molecular weight is 253 g/mol. The summed E-state index contributed by atoms with van der Waals surface area (Å²) in [5.41, 5.74) is 0.986.